The van der Waals surface area contributed by atoms with Crippen LogP contribution in [0.4, 0.5) is 0 Å². The highest BCUT2D eigenvalue weighted by molar-refractivity contribution is 4.57. The minimum atomic E-state index is -0.363. The summed E-state index contributed by atoms with van der Waals surface area (Å²) in [5, 5.41) is 12.9. The van der Waals surface area contributed by atoms with Crippen molar-refractivity contribution in [3.8, 4) is 0 Å². The first-order valence-corrected chi connectivity index (χ1v) is 12.8. The molecule has 0 aliphatic carbocycles. The van der Waals surface area contributed by atoms with Crippen molar-refractivity contribution < 1.29 is 9.84 Å². The predicted octanol–water partition coefficient (Wildman–Crippen LogP) is 7.26. The van der Waals surface area contributed by atoms with Crippen molar-refractivity contribution in [1.29, 1.82) is 0 Å². The van der Waals surface area contributed by atoms with Crippen molar-refractivity contribution >= 4 is 0 Å². The van der Waals surface area contributed by atoms with Crippen molar-refractivity contribution in [2.75, 3.05) is 26.3 Å². The third-order valence-corrected chi connectivity index (χ3v) is 5.01. The molecule has 2 N–H and O–H groups in total. The Morgan fingerprint density at radius 2 is 1.07 bits per heavy atom. The van der Waals surface area contributed by atoms with Gasteiger partial charge in [-0.05, 0) is 19.4 Å². The van der Waals surface area contributed by atoms with Crippen molar-refractivity contribution in [3.05, 3.63) is 0 Å². The highest BCUT2D eigenvalue weighted by Gasteiger charge is 2.02. The molecule has 0 heterocycles. The predicted molar refractivity (Wildman–Crippen MR) is 126 cm³/mol. The molecule has 172 valence electrons. The van der Waals surface area contributed by atoms with E-state index >= 15 is 0 Å². The summed E-state index contributed by atoms with van der Waals surface area (Å²) in [6.07, 6.45) is 21.6. The number of hydrogen-bond acceptors (Lipinski definition) is 3. The molecule has 0 radical (unpaired) electrons. The molecule has 3 nitrogen and oxygen atoms in total. The fourth-order valence-electron chi connectivity index (χ4n) is 3.30. The van der Waals surface area contributed by atoms with Crippen LogP contribution in [0.25, 0.3) is 0 Å². The molecule has 0 bridgehead atoms. The summed E-state index contributed by atoms with van der Waals surface area (Å²) in [6, 6.07) is 0. The van der Waals surface area contributed by atoms with E-state index in [1.807, 2.05) is 13.8 Å². The number of unbranched alkanes of at least 4 members (excludes halogenated alkanes) is 14. The van der Waals surface area contributed by atoms with Gasteiger partial charge in [-0.3, -0.25) is 0 Å². The zero-order valence-electron chi connectivity index (χ0n) is 20.1. The molecule has 0 aromatic rings. The lowest BCUT2D eigenvalue weighted by Gasteiger charge is -2.11. The molecule has 3 heteroatoms. The maximum Gasteiger partial charge on any atom is 0.0897 e. The molecular weight excluding hydrogens is 346 g/mol. The van der Waals surface area contributed by atoms with E-state index in [4.69, 9.17) is 4.74 Å². The number of rotatable bonds is 22. The summed E-state index contributed by atoms with van der Waals surface area (Å²) in [5.74, 6) is 0. The lowest BCUT2D eigenvalue weighted by Crippen LogP contribution is -2.30. The van der Waals surface area contributed by atoms with E-state index in [2.05, 4.69) is 19.2 Å². The second kappa shape index (κ2) is 29.1. The van der Waals surface area contributed by atoms with Crippen LogP contribution in [-0.2, 0) is 4.74 Å². The van der Waals surface area contributed by atoms with Gasteiger partial charge in [0.15, 0.2) is 0 Å². The molecular formula is C25H55NO2. The molecule has 0 spiro atoms. The fourth-order valence-corrected chi connectivity index (χ4v) is 3.30. The van der Waals surface area contributed by atoms with Gasteiger partial charge in [-0.25, -0.2) is 0 Å². The van der Waals surface area contributed by atoms with E-state index < -0.39 is 0 Å². The third-order valence-electron chi connectivity index (χ3n) is 5.01. The van der Waals surface area contributed by atoms with E-state index in [9.17, 15) is 5.11 Å². The molecule has 0 saturated carbocycles. The highest BCUT2D eigenvalue weighted by Crippen LogP contribution is 2.13. The summed E-state index contributed by atoms with van der Waals surface area (Å²) in [7, 11) is 0. The average molecular weight is 402 g/mol. The van der Waals surface area contributed by atoms with Crippen LogP contribution in [0.15, 0.2) is 0 Å². The van der Waals surface area contributed by atoms with Gasteiger partial charge >= 0.3 is 0 Å². The van der Waals surface area contributed by atoms with Crippen LogP contribution < -0.4 is 5.32 Å². The Bertz CT molecular complexity index is 249. The van der Waals surface area contributed by atoms with Gasteiger partial charge in [-0.2, -0.15) is 0 Å². The van der Waals surface area contributed by atoms with E-state index in [0.29, 0.717) is 13.2 Å². The Kier molecular flexibility index (Phi) is 31.2. The molecule has 0 aliphatic heterocycles. The number of aliphatic hydroxyl groups is 1. The molecule has 1 atom stereocenters. The van der Waals surface area contributed by atoms with Crippen molar-refractivity contribution in [2.45, 2.75) is 137 Å². The smallest absolute Gasteiger partial charge is 0.0897 e. The summed E-state index contributed by atoms with van der Waals surface area (Å²) in [4.78, 5) is 0. The normalized spacial score (nSPS) is 11.9. The highest BCUT2D eigenvalue weighted by atomic mass is 16.5. The fraction of sp³-hybridized carbons (Fsp3) is 1.00. The minimum absolute atomic E-state index is 0.363. The van der Waals surface area contributed by atoms with Gasteiger partial charge in [-0.1, -0.05) is 118 Å². The zero-order chi connectivity index (χ0) is 21.1. The van der Waals surface area contributed by atoms with E-state index in [1.54, 1.807) is 0 Å². The second-order valence-corrected chi connectivity index (χ2v) is 7.88. The van der Waals surface area contributed by atoms with Gasteiger partial charge in [0.25, 0.3) is 0 Å². The van der Waals surface area contributed by atoms with Crippen molar-refractivity contribution in [3.63, 3.8) is 0 Å². The SMILES string of the molecule is CC.CCCCCCCCCCCCCCCCCOCC(O)CNCCC. The van der Waals surface area contributed by atoms with Gasteiger partial charge < -0.3 is 15.2 Å². The van der Waals surface area contributed by atoms with Crippen LogP contribution >= 0.6 is 0 Å². The van der Waals surface area contributed by atoms with E-state index in [0.717, 1.165) is 26.0 Å². The molecule has 28 heavy (non-hydrogen) atoms. The first-order chi connectivity index (χ1) is 13.8. The Balaban J connectivity index is 0. The molecule has 1 unspecified atom stereocenters. The van der Waals surface area contributed by atoms with Gasteiger partial charge in [-0.15, -0.1) is 0 Å². The topological polar surface area (TPSA) is 41.5 Å². The van der Waals surface area contributed by atoms with Gasteiger partial charge in [0.1, 0.15) is 0 Å². The van der Waals surface area contributed by atoms with Crippen LogP contribution in [-0.4, -0.2) is 37.5 Å². The standard InChI is InChI=1S/C23H49NO2.C2H6/c1-3-5-6-7-8-9-10-11-12-13-14-15-16-17-18-20-26-22-23(25)21-24-19-4-2;1-2/h23-25H,3-22H2,1-2H3;1-2H3. The lowest BCUT2D eigenvalue weighted by atomic mass is 10.0. The van der Waals surface area contributed by atoms with Crippen molar-refractivity contribution in [1.82, 2.24) is 5.32 Å². The first kappa shape index (κ1) is 30.1. The molecule has 0 aromatic carbocycles. The minimum Gasteiger partial charge on any atom is -0.389 e. The molecule has 0 amide bonds. The molecule has 0 saturated heterocycles. The van der Waals surface area contributed by atoms with Crippen LogP contribution in [0.2, 0.25) is 0 Å². The molecule has 0 fully saturated rings. The monoisotopic (exact) mass is 401 g/mol. The van der Waals surface area contributed by atoms with Crippen LogP contribution in [0, 0.1) is 0 Å². The molecule has 0 aliphatic rings. The average Bonchev–Trinajstić information content (AvgIpc) is 2.72. The maximum atomic E-state index is 9.71. The van der Waals surface area contributed by atoms with Crippen LogP contribution in [0.1, 0.15) is 130 Å². The summed E-state index contributed by atoms with van der Waals surface area (Å²) >= 11 is 0. The summed E-state index contributed by atoms with van der Waals surface area (Å²) < 4.78 is 5.55. The third kappa shape index (κ3) is 28.1. The van der Waals surface area contributed by atoms with Crippen LogP contribution in [0.3, 0.4) is 0 Å². The van der Waals surface area contributed by atoms with E-state index in [1.165, 1.54) is 89.9 Å². The number of hydrogen-bond donors (Lipinski definition) is 2. The number of aliphatic hydroxyl groups excluding tert-OH is 1. The maximum absolute atomic E-state index is 9.71. The number of nitrogens with one attached hydrogen (secondary N) is 1. The Labute approximate surface area is 178 Å². The first-order valence-electron chi connectivity index (χ1n) is 12.8. The summed E-state index contributed by atoms with van der Waals surface area (Å²) in [5.41, 5.74) is 0. The largest absolute Gasteiger partial charge is 0.389 e. The van der Waals surface area contributed by atoms with E-state index in [-0.39, 0.29) is 6.10 Å². The molecule has 0 rings (SSSR count). The van der Waals surface area contributed by atoms with Gasteiger partial charge in [0, 0.05) is 13.2 Å². The Morgan fingerprint density at radius 1 is 0.643 bits per heavy atom. The lowest BCUT2D eigenvalue weighted by molar-refractivity contribution is 0.0355. The van der Waals surface area contributed by atoms with Crippen molar-refractivity contribution in [2.24, 2.45) is 0 Å². The van der Waals surface area contributed by atoms with Gasteiger partial charge in [0.05, 0.1) is 12.7 Å². The van der Waals surface area contributed by atoms with Crippen LogP contribution in [0.5, 0.6) is 0 Å². The number of ether oxygens (including phenoxy) is 1. The molecule has 0 aromatic heterocycles. The second-order valence-electron chi connectivity index (χ2n) is 7.88. The quantitative estimate of drug-likeness (QED) is 0.188. The zero-order valence-corrected chi connectivity index (χ0v) is 20.1. The summed E-state index contributed by atoms with van der Waals surface area (Å²) in [6.45, 7) is 11.3. The van der Waals surface area contributed by atoms with Gasteiger partial charge in [0.2, 0.25) is 0 Å². The Hall–Kier alpha value is -0.120. The Morgan fingerprint density at radius 3 is 1.50 bits per heavy atom.